The number of carboxylic acid groups (broad SMARTS) is 2. The molecule has 0 heterocycles. The standard InChI is InChI=1S/2C23H34O4.2C8H17.Sn/c2*1-2-3-4-5-6-7-8-9-10-11-12-13-16-19-27-23(26)21-18-15-14-17-20(21)22(24)25;2*1-3-5-7-8-6-4-2;/h2*12-15,17-18H,2-11,16,19H2,1H3,(H,24,25);2*1,3-8H2,2H3;/q;;;;+2/p-2/b2*13-12+;;;. The summed E-state index contributed by atoms with van der Waals surface area (Å²) < 4.78 is 10.3. The number of hydrogen-bond donors (Lipinski definition) is 0. The Balaban J connectivity index is -0.000000986. The Morgan fingerprint density at radius 2 is 0.620 bits per heavy atom. The molecule has 8 nitrogen and oxygen atoms in total. The maximum Gasteiger partial charge on any atom is 2.00 e. The van der Waals surface area contributed by atoms with Crippen LogP contribution in [0.25, 0.3) is 0 Å². The second-order valence-electron chi connectivity index (χ2n) is 18.2. The van der Waals surface area contributed by atoms with E-state index in [-0.39, 0.29) is 59.4 Å². The number of hydrogen-bond acceptors (Lipinski definition) is 8. The minimum Gasteiger partial charge on any atom is -0.545 e. The van der Waals surface area contributed by atoms with Crippen LogP contribution >= 0.6 is 0 Å². The van der Waals surface area contributed by atoms with E-state index in [1.165, 1.54) is 204 Å². The van der Waals surface area contributed by atoms with E-state index in [0.717, 1.165) is 25.7 Å². The zero-order valence-corrected chi connectivity index (χ0v) is 48.4. The summed E-state index contributed by atoms with van der Waals surface area (Å²) in [6, 6.07) is 11.9. The third kappa shape index (κ3) is 47.4. The van der Waals surface area contributed by atoms with E-state index in [1.54, 1.807) is 24.3 Å². The smallest absolute Gasteiger partial charge is 0.545 e. The van der Waals surface area contributed by atoms with Crippen LogP contribution in [0.5, 0.6) is 0 Å². The van der Waals surface area contributed by atoms with Crippen molar-refractivity contribution in [1.29, 1.82) is 0 Å². The molecule has 71 heavy (non-hydrogen) atoms. The fourth-order valence-corrected chi connectivity index (χ4v) is 7.45. The number of esters is 2. The molecule has 0 aliphatic rings. The first-order valence-corrected chi connectivity index (χ1v) is 28.0. The number of ether oxygens (including phenoxy) is 2. The number of carbonyl (C=O) groups is 4. The van der Waals surface area contributed by atoms with Crippen molar-refractivity contribution in [2.75, 3.05) is 13.2 Å². The molecule has 0 fully saturated rings. The van der Waals surface area contributed by atoms with Gasteiger partial charge >= 0.3 is 35.8 Å². The molecule has 0 aliphatic heterocycles. The fraction of sp³-hybridized carbons (Fsp3) is 0.645. The van der Waals surface area contributed by atoms with Gasteiger partial charge in [-0.2, -0.15) is 0 Å². The van der Waals surface area contributed by atoms with E-state index in [1.807, 2.05) is 12.2 Å². The Morgan fingerprint density at radius 1 is 0.380 bits per heavy atom. The summed E-state index contributed by atoms with van der Waals surface area (Å²) in [6.07, 6.45) is 51.4. The molecule has 0 spiro atoms. The molecule has 0 saturated carbocycles. The molecule has 0 saturated heterocycles. The molecule has 2 rings (SSSR count). The Kier molecular flexibility index (Phi) is 58.2. The van der Waals surface area contributed by atoms with Gasteiger partial charge in [-0.25, -0.2) is 9.59 Å². The molecule has 9 heteroatoms. The molecular formula is C62H100O8Sn. The van der Waals surface area contributed by atoms with Crippen LogP contribution in [-0.2, 0) is 9.47 Å². The van der Waals surface area contributed by atoms with Crippen LogP contribution in [0.4, 0.5) is 0 Å². The van der Waals surface area contributed by atoms with Gasteiger partial charge in [0.1, 0.15) is 0 Å². The van der Waals surface area contributed by atoms with Crippen molar-refractivity contribution in [3.63, 3.8) is 0 Å². The van der Waals surface area contributed by atoms with Gasteiger partial charge in [0.05, 0.1) is 36.3 Å². The van der Waals surface area contributed by atoms with Crippen molar-refractivity contribution in [2.24, 2.45) is 0 Å². The van der Waals surface area contributed by atoms with Gasteiger partial charge in [0, 0.05) is 11.1 Å². The van der Waals surface area contributed by atoms with Gasteiger partial charge in [-0.3, -0.25) is 0 Å². The number of carbonyl (C=O) groups excluding carboxylic acids is 4. The molecule has 0 amide bonds. The van der Waals surface area contributed by atoms with Crippen LogP contribution < -0.4 is 10.2 Å². The summed E-state index contributed by atoms with van der Waals surface area (Å²) in [6.45, 7) is 17.0. The van der Waals surface area contributed by atoms with E-state index in [4.69, 9.17) is 9.47 Å². The summed E-state index contributed by atoms with van der Waals surface area (Å²) in [5.74, 6) is -3.99. The van der Waals surface area contributed by atoms with Crippen LogP contribution in [-0.4, -0.2) is 61.0 Å². The number of unbranched alkanes of at least 4 members (excludes halogenated alkanes) is 28. The maximum atomic E-state index is 12.0. The number of rotatable bonds is 40. The van der Waals surface area contributed by atoms with Crippen LogP contribution in [0.3, 0.4) is 0 Å². The SMILES string of the molecule is CCCCCCCCCCC/C=C/CCOC(=O)c1ccccc1C(=O)[O-].CCCCCCCCCCC/C=C/CCOC(=O)c1ccccc1C(=O)[O-].[CH2]CCCCCCC.[CH2]CCCCCCC.[Sn+2]. The van der Waals surface area contributed by atoms with E-state index in [2.05, 4.69) is 53.7 Å². The van der Waals surface area contributed by atoms with E-state index in [0.29, 0.717) is 12.8 Å². The monoisotopic (exact) mass is 1090 g/mol. The molecule has 0 unspecified atom stereocenters. The van der Waals surface area contributed by atoms with E-state index >= 15 is 0 Å². The maximum absolute atomic E-state index is 12.0. The molecule has 0 aromatic heterocycles. The third-order valence-corrected chi connectivity index (χ3v) is 11.8. The second-order valence-corrected chi connectivity index (χ2v) is 18.2. The summed E-state index contributed by atoms with van der Waals surface area (Å²) in [5, 5.41) is 22.0. The first kappa shape index (κ1) is 71.8. The summed E-state index contributed by atoms with van der Waals surface area (Å²) in [5.41, 5.74) is -0.195. The average molecular weight is 1090 g/mol. The molecule has 2 aromatic rings. The quantitative estimate of drug-likeness (QED) is 0.0279. The van der Waals surface area contributed by atoms with Crippen LogP contribution in [0.15, 0.2) is 72.8 Å². The van der Waals surface area contributed by atoms with Gasteiger partial charge in [-0.05, 0) is 50.7 Å². The molecule has 4 radical (unpaired) electrons. The van der Waals surface area contributed by atoms with E-state index in [9.17, 15) is 29.4 Å². The molecule has 0 atom stereocenters. The first-order valence-electron chi connectivity index (χ1n) is 28.0. The van der Waals surface area contributed by atoms with Gasteiger partial charge in [-0.15, -0.1) is 0 Å². The van der Waals surface area contributed by atoms with Crippen LogP contribution in [0.2, 0.25) is 0 Å². The van der Waals surface area contributed by atoms with Crippen molar-refractivity contribution >= 4 is 47.8 Å². The molecule has 0 N–H and O–H groups in total. The van der Waals surface area contributed by atoms with Gasteiger partial charge in [0.15, 0.2) is 0 Å². The van der Waals surface area contributed by atoms with Gasteiger partial charge in [0.25, 0.3) is 0 Å². The van der Waals surface area contributed by atoms with Crippen molar-refractivity contribution in [3.8, 4) is 0 Å². The minimum atomic E-state index is -1.37. The van der Waals surface area contributed by atoms with Crippen LogP contribution in [0.1, 0.15) is 287 Å². The molecule has 2 aromatic carbocycles. The number of allylic oxidation sites excluding steroid dienone is 2. The summed E-state index contributed by atoms with van der Waals surface area (Å²) >= 11 is 0. The molecule has 0 aliphatic carbocycles. The van der Waals surface area contributed by atoms with Gasteiger partial charge in [0.2, 0.25) is 0 Å². The number of benzene rings is 2. The molecular weight excluding hydrogens is 991 g/mol. The normalized spacial score (nSPS) is 10.6. The second kappa shape index (κ2) is 57.5. The fourth-order valence-electron chi connectivity index (χ4n) is 7.45. The zero-order chi connectivity index (χ0) is 52.0. The zero-order valence-electron chi connectivity index (χ0n) is 45.6. The van der Waals surface area contributed by atoms with E-state index < -0.39 is 23.9 Å². The minimum absolute atomic E-state index is 0. The Hall–Kier alpha value is -3.40. The van der Waals surface area contributed by atoms with Crippen molar-refractivity contribution in [3.05, 3.63) is 109 Å². The van der Waals surface area contributed by atoms with Gasteiger partial charge < -0.3 is 29.3 Å². The summed E-state index contributed by atoms with van der Waals surface area (Å²) in [7, 11) is 0. The van der Waals surface area contributed by atoms with Crippen molar-refractivity contribution in [1.82, 2.24) is 0 Å². The topological polar surface area (TPSA) is 133 Å². The predicted molar refractivity (Wildman–Crippen MR) is 297 cm³/mol. The largest absolute Gasteiger partial charge is 2.00 e. The summed E-state index contributed by atoms with van der Waals surface area (Å²) in [4.78, 5) is 45.9. The average Bonchev–Trinajstić information content (AvgIpc) is 3.37. The Morgan fingerprint density at radius 3 is 0.887 bits per heavy atom. The molecule has 0 bridgehead atoms. The van der Waals surface area contributed by atoms with Crippen molar-refractivity contribution in [2.45, 2.75) is 246 Å². The number of carboxylic acids is 2. The molecule has 400 valence electrons. The first-order chi connectivity index (χ1) is 34.2. The number of aromatic carboxylic acids is 2. The van der Waals surface area contributed by atoms with Crippen LogP contribution in [0, 0.1) is 13.8 Å². The Bertz CT molecular complexity index is 1440. The van der Waals surface area contributed by atoms with Gasteiger partial charge in [-0.1, -0.05) is 282 Å². The third-order valence-electron chi connectivity index (χ3n) is 11.8. The Labute approximate surface area is 452 Å². The predicted octanol–water partition coefficient (Wildman–Crippen LogP) is 16.1. The van der Waals surface area contributed by atoms with Crippen molar-refractivity contribution < 1.29 is 38.9 Å².